The number of unbranched alkanes of at least 4 members (excludes halogenated alkanes) is 11. The number of hydrogen-bond donors (Lipinski definition) is 1. The van der Waals surface area contributed by atoms with Crippen molar-refractivity contribution in [3.63, 3.8) is 0 Å². The molecule has 0 fully saturated rings. The summed E-state index contributed by atoms with van der Waals surface area (Å²) in [6, 6.07) is 4.51. The van der Waals surface area contributed by atoms with Crippen LogP contribution in [0, 0.1) is 0 Å². The Kier molecular flexibility index (Phi) is 16.4. The van der Waals surface area contributed by atoms with Crippen LogP contribution < -0.4 is 56.5 Å². The molecule has 1 N–H and O–H groups in total. The molecule has 0 amide bonds. The van der Waals surface area contributed by atoms with E-state index in [9.17, 15) is 9.90 Å². The molecule has 1 aromatic rings. The van der Waals surface area contributed by atoms with Gasteiger partial charge in [0.15, 0.2) is 0 Å². The van der Waals surface area contributed by atoms with Crippen LogP contribution in [0.2, 0.25) is 0 Å². The molecule has 3 nitrogen and oxygen atoms in total. The summed E-state index contributed by atoms with van der Waals surface area (Å²) in [5.41, 5.74) is 0.641. The molecule has 4 heteroatoms. The van der Waals surface area contributed by atoms with Crippen molar-refractivity contribution in [1.29, 1.82) is 0 Å². The molecule has 0 aliphatic carbocycles. The van der Waals surface area contributed by atoms with Crippen LogP contribution in [0.4, 0.5) is 0 Å². The summed E-state index contributed by atoms with van der Waals surface area (Å²) in [5, 5.41) is 21.0. The Labute approximate surface area is 196 Å². The molecule has 25 heavy (non-hydrogen) atoms. The minimum atomic E-state index is -0.998. The number of carboxylic acid groups (broad SMARTS) is 1. The van der Waals surface area contributed by atoms with E-state index in [1.54, 1.807) is 0 Å². The number of hydrogen-bond acceptors (Lipinski definition) is 2. The van der Waals surface area contributed by atoms with Gasteiger partial charge in [0.25, 0.3) is 0 Å². The fourth-order valence-electron chi connectivity index (χ4n) is 3.17. The second-order valence-corrected chi connectivity index (χ2v) is 6.73. The summed E-state index contributed by atoms with van der Waals surface area (Å²) in [5.74, 6) is -1.14. The zero-order chi connectivity index (χ0) is 17.6. The first-order valence-electron chi connectivity index (χ1n) is 9.69. The molecule has 0 aliphatic rings. The first-order valence-corrected chi connectivity index (χ1v) is 9.69. The molecule has 136 valence electrons. The van der Waals surface area contributed by atoms with Crippen molar-refractivity contribution in [3.8, 4) is 5.75 Å². The van der Waals surface area contributed by atoms with E-state index in [1.165, 1.54) is 82.4 Å². The molecule has 0 radical (unpaired) electrons. The van der Waals surface area contributed by atoms with Gasteiger partial charge in [-0.1, -0.05) is 89.7 Å². The number of rotatable bonds is 14. The van der Waals surface area contributed by atoms with E-state index in [4.69, 9.17) is 5.11 Å². The number of benzene rings is 1. The van der Waals surface area contributed by atoms with Crippen molar-refractivity contribution in [1.82, 2.24) is 0 Å². The molecular weight excluding hydrogens is 339 g/mol. The maximum absolute atomic E-state index is 11.8. The molecule has 1 rings (SSSR count). The van der Waals surface area contributed by atoms with Crippen LogP contribution in [0.1, 0.15) is 99.9 Å². The molecule has 0 aromatic heterocycles. The van der Waals surface area contributed by atoms with Gasteiger partial charge < -0.3 is 10.2 Å². The van der Waals surface area contributed by atoms with E-state index >= 15 is 0 Å². The Hall–Kier alpha value is 0.126. The van der Waals surface area contributed by atoms with E-state index < -0.39 is 5.97 Å². The smallest absolute Gasteiger partial charge is 0.872 e. The molecule has 0 saturated heterocycles. The van der Waals surface area contributed by atoms with Crippen molar-refractivity contribution in [2.24, 2.45) is 0 Å². The van der Waals surface area contributed by atoms with Crippen LogP contribution in [-0.2, 0) is 6.42 Å². The first-order chi connectivity index (χ1) is 11.7. The van der Waals surface area contributed by atoms with Crippen LogP contribution in [0.15, 0.2) is 18.2 Å². The van der Waals surface area contributed by atoms with Gasteiger partial charge in [0.05, 0.1) is 5.56 Å². The molecule has 0 bridgehead atoms. The second kappa shape index (κ2) is 16.3. The summed E-state index contributed by atoms with van der Waals surface area (Å²) in [6.45, 7) is 2.25. The van der Waals surface area contributed by atoms with E-state index in [2.05, 4.69) is 6.92 Å². The third kappa shape index (κ3) is 11.4. The monoisotopic (exact) mass is 372 g/mol. The fraction of sp³-hybridized carbons (Fsp3) is 0.667. The van der Waals surface area contributed by atoms with Gasteiger partial charge in [0, 0.05) is 0 Å². The van der Waals surface area contributed by atoms with Crippen LogP contribution in [0.25, 0.3) is 0 Å². The quantitative estimate of drug-likeness (QED) is 0.403. The zero-order valence-corrected chi connectivity index (χ0v) is 19.3. The number of carboxylic acids is 1. The molecule has 0 unspecified atom stereocenters. The fourth-order valence-corrected chi connectivity index (χ4v) is 3.17. The molecular formula is C21H33KO3. The Bertz CT molecular complexity index is 474. The van der Waals surface area contributed by atoms with Gasteiger partial charge in [0.1, 0.15) is 0 Å². The van der Waals surface area contributed by atoms with E-state index in [1.807, 2.05) is 0 Å². The van der Waals surface area contributed by atoms with Crippen LogP contribution in [-0.4, -0.2) is 11.1 Å². The molecule has 0 heterocycles. The van der Waals surface area contributed by atoms with Gasteiger partial charge in [-0.15, -0.1) is 5.75 Å². The van der Waals surface area contributed by atoms with Crippen LogP contribution in [0.5, 0.6) is 5.75 Å². The SMILES string of the molecule is CCCCCCCCCCCCCCc1c([O-])cccc1C(=O)O.[K+]. The normalized spacial score (nSPS) is 10.4. The van der Waals surface area contributed by atoms with Crippen LogP contribution in [0.3, 0.4) is 0 Å². The van der Waals surface area contributed by atoms with Gasteiger partial charge in [-0.3, -0.25) is 0 Å². The summed E-state index contributed by atoms with van der Waals surface area (Å²) in [6.07, 6.45) is 15.8. The second-order valence-electron chi connectivity index (χ2n) is 6.73. The molecule has 0 aliphatic heterocycles. The summed E-state index contributed by atoms with van der Waals surface area (Å²) < 4.78 is 0. The Morgan fingerprint density at radius 3 is 1.84 bits per heavy atom. The first kappa shape index (κ1) is 25.1. The van der Waals surface area contributed by atoms with Crippen LogP contribution >= 0.6 is 0 Å². The number of carbonyl (C=O) groups is 1. The summed E-state index contributed by atoms with van der Waals surface area (Å²) in [4.78, 5) is 11.2. The molecule has 1 aromatic carbocycles. The third-order valence-corrected chi connectivity index (χ3v) is 4.64. The third-order valence-electron chi connectivity index (χ3n) is 4.64. The average Bonchev–Trinajstić information content (AvgIpc) is 2.56. The standard InChI is InChI=1S/C21H34O3.K/c1-2-3-4-5-6-7-8-9-10-11-12-13-15-18-19(21(23)24)16-14-17-20(18)22;/h14,16-17,22H,2-13,15H2,1H3,(H,23,24);/q;+1/p-1. The van der Waals surface area contributed by atoms with Crippen molar-refractivity contribution in [3.05, 3.63) is 29.3 Å². The molecule has 0 atom stereocenters. The predicted octanol–water partition coefficient (Wildman–Crippen LogP) is 2.71. The minimum absolute atomic E-state index is 0. The Balaban J connectivity index is 0.00000576. The maximum atomic E-state index is 11.8. The topological polar surface area (TPSA) is 60.4 Å². The Morgan fingerprint density at radius 1 is 0.880 bits per heavy atom. The zero-order valence-electron chi connectivity index (χ0n) is 16.2. The van der Waals surface area contributed by atoms with Gasteiger partial charge in [-0.25, -0.2) is 4.79 Å². The van der Waals surface area contributed by atoms with E-state index in [0.717, 1.165) is 12.8 Å². The van der Waals surface area contributed by atoms with Gasteiger partial charge >= 0.3 is 57.4 Å². The average molecular weight is 373 g/mol. The van der Waals surface area contributed by atoms with E-state index in [0.29, 0.717) is 12.0 Å². The maximum Gasteiger partial charge on any atom is 1.00 e. The van der Waals surface area contributed by atoms with Gasteiger partial charge in [-0.2, -0.15) is 0 Å². The van der Waals surface area contributed by atoms with E-state index in [-0.39, 0.29) is 62.7 Å². The summed E-state index contributed by atoms with van der Waals surface area (Å²) in [7, 11) is 0. The molecule has 0 spiro atoms. The predicted molar refractivity (Wildman–Crippen MR) is 97.6 cm³/mol. The Morgan fingerprint density at radius 2 is 1.36 bits per heavy atom. The molecule has 0 saturated carbocycles. The minimum Gasteiger partial charge on any atom is -0.872 e. The van der Waals surface area contributed by atoms with Crippen molar-refractivity contribution >= 4 is 5.97 Å². The summed E-state index contributed by atoms with van der Waals surface area (Å²) >= 11 is 0. The van der Waals surface area contributed by atoms with Crippen molar-refractivity contribution < 1.29 is 66.4 Å². The van der Waals surface area contributed by atoms with Gasteiger partial charge in [-0.05, 0) is 24.5 Å². The number of aromatic carboxylic acids is 1. The van der Waals surface area contributed by atoms with Crippen molar-refractivity contribution in [2.75, 3.05) is 0 Å². The van der Waals surface area contributed by atoms with Crippen molar-refractivity contribution in [2.45, 2.75) is 90.4 Å². The van der Waals surface area contributed by atoms with Gasteiger partial charge in [0.2, 0.25) is 0 Å². The largest absolute Gasteiger partial charge is 1.00 e.